The number of nitrogens with zero attached hydrogens (tertiary/aromatic N) is 2. The molecule has 0 saturated carbocycles. The van der Waals surface area contributed by atoms with Crippen molar-refractivity contribution in [1.82, 2.24) is 15.5 Å². The topological polar surface area (TPSA) is 90.9 Å². The van der Waals surface area contributed by atoms with Crippen molar-refractivity contribution in [2.24, 2.45) is 4.99 Å². The molecule has 26 heavy (non-hydrogen) atoms. The summed E-state index contributed by atoms with van der Waals surface area (Å²) < 4.78 is 24.5. The van der Waals surface area contributed by atoms with Gasteiger partial charge in [-0.3, -0.25) is 9.79 Å². The van der Waals surface area contributed by atoms with Crippen LogP contribution in [0.4, 0.5) is 0 Å². The summed E-state index contributed by atoms with van der Waals surface area (Å²) in [6.07, 6.45) is 0.369. The van der Waals surface area contributed by atoms with Gasteiger partial charge in [-0.25, -0.2) is 8.42 Å². The Balaban J connectivity index is 2.54. The van der Waals surface area contributed by atoms with Crippen molar-refractivity contribution in [1.29, 1.82) is 0 Å². The van der Waals surface area contributed by atoms with Gasteiger partial charge in [0, 0.05) is 32.6 Å². The number of sulfone groups is 1. The minimum atomic E-state index is -3.35. The number of benzene rings is 1. The quantitative estimate of drug-likeness (QED) is 0.470. The first-order valence-corrected chi connectivity index (χ1v) is 10.7. The first-order chi connectivity index (χ1) is 12.4. The molecule has 0 unspecified atom stereocenters. The lowest BCUT2D eigenvalue weighted by atomic mass is 10.3. The predicted molar refractivity (Wildman–Crippen MR) is 105 cm³/mol. The molecule has 0 bridgehead atoms. The van der Waals surface area contributed by atoms with Crippen LogP contribution in [-0.2, 0) is 14.6 Å². The van der Waals surface area contributed by atoms with E-state index in [4.69, 9.17) is 0 Å². The summed E-state index contributed by atoms with van der Waals surface area (Å²) in [5.41, 5.74) is 0. The molecule has 0 aliphatic rings. The van der Waals surface area contributed by atoms with Crippen LogP contribution in [0.1, 0.15) is 27.2 Å². The van der Waals surface area contributed by atoms with Crippen LogP contribution in [0.5, 0.6) is 0 Å². The van der Waals surface area contributed by atoms with Gasteiger partial charge in [-0.15, -0.1) is 0 Å². The molecule has 0 aliphatic heterocycles. The zero-order valence-corrected chi connectivity index (χ0v) is 16.7. The van der Waals surface area contributed by atoms with Gasteiger partial charge in [0.05, 0.1) is 17.2 Å². The van der Waals surface area contributed by atoms with E-state index in [9.17, 15) is 13.2 Å². The number of hydrogen-bond acceptors (Lipinski definition) is 4. The Morgan fingerprint density at radius 3 is 2.31 bits per heavy atom. The molecular formula is C18H30N4O3S. The van der Waals surface area contributed by atoms with Gasteiger partial charge in [0.15, 0.2) is 15.8 Å². The zero-order chi connectivity index (χ0) is 19.4. The van der Waals surface area contributed by atoms with Crippen molar-refractivity contribution in [3.8, 4) is 0 Å². The zero-order valence-electron chi connectivity index (χ0n) is 15.9. The molecule has 1 aromatic rings. The van der Waals surface area contributed by atoms with E-state index in [-0.39, 0.29) is 18.2 Å². The number of hydrogen-bond donors (Lipinski definition) is 2. The summed E-state index contributed by atoms with van der Waals surface area (Å²) in [5, 5.41) is 6.14. The normalized spacial score (nSPS) is 11.9. The first-order valence-electron chi connectivity index (χ1n) is 9.02. The molecule has 0 atom stereocenters. The van der Waals surface area contributed by atoms with E-state index in [0.717, 1.165) is 0 Å². The number of amides is 1. The number of nitrogens with one attached hydrogen (secondary N) is 2. The second-order valence-electron chi connectivity index (χ2n) is 5.64. The lowest BCUT2D eigenvalue weighted by Gasteiger charge is -2.19. The molecule has 7 nitrogen and oxygen atoms in total. The molecular weight excluding hydrogens is 352 g/mol. The molecule has 0 spiro atoms. The summed E-state index contributed by atoms with van der Waals surface area (Å²) in [6, 6.07) is 8.36. The summed E-state index contributed by atoms with van der Waals surface area (Å²) in [7, 11) is -3.35. The summed E-state index contributed by atoms with van der Waals surface area (Å²) in [5.74, 6) is 0.541. The Kier molecular flexibility index (Phi) is 9.72. The average Bonchev–Trinajstić information content (AvgIpc) is 2.63. The maximum absolute atomic E-state index is 12.3. The van der Waals surface area contributed by atoms with Gasteiger partial charge in [-0.2, -0.15) is 0 Å². The van der Waals surface area contributed by atoms with Crippen LogP contribution >= 0.6 is 0 Å². The van der Waals surface area contributed by atoms with Gasteiger partial charge in [0.25, 0.3) is 0 Å². The molecule has 146 valence electrons. The van der Waals surface area contributed by atoms with Crippen LogP contribution in [0.15, 0.2) is 40.2 Å². The fraction of sp³-hybridized carbons (Fsp3) is 0.556. The van der Waals surface area contributed by atoms with Gasteiger partial charge in [0.1, 0.15) is 0 Å². The van der Waals surface area contributed by atoms with Crippen molar-refractivity contribution in [3.05, 3.63) is 30.3 Å². The van der Waals surface area contributed by atoms with Crippen LogP contribution in [0.2, 0.25) is 0 Å². The Morgan fingerprint density at radius 2 is 1.73 bits per heavy atom. The molecule has 0 radical (unpaired) electrons. The minimum absolute atomic E-state index is 0.0635. The highest BCUT2D eigenvalue weighted by atomic mass is 32.2. The Labute approximate surface area is 156 Å². The highest BCUT2D eigenvalue weighted by Gasteiger charge is 2.13. The Morgan fingerprint density at radius 1 is 1.08 bits per heavy atom. The minimum Gasteiger partial charge on any atom is -0.357 e. The third-order valence-corrected chi connectivity index (χ3v) is 5.53. The highest BCUT2D eigenvalue weighted by molar-refractivity contribution is 7.91. The number of aliphatic imine (C=N–C) groups is 1. The van der Waals surface area contributed by atoms with Crippen LogP contribution < -0.4 is 10.6 Å². The second-order valence-corrected chi connectivity index (χ2v) is 7.74. The van der Waals surface area contributed by atoms with E-state index in [1.54, 1.807) is 35.2 Å². The lowest BCUT2D eigenvalue weighted by Crippen LogP contribution is -2.40. The van der Waals surface area contributed by atoms with Gasteiger partial charge >= 0.3 is 0 Å². The summed E-state index contributed by atoms with van der Waals surface area (Å²) >= 11 is 0. The monoisotopic (exact) mass is 382 g/mol. The summed E-state index contributed by atoms with van der Waals surface area (Å²) in [4.78, 5) is 18.4. The molecule has 1 aromatic carbocycles. The standard InChI is InChI=1S/C18H30N4O3S/c1-4-19-18(20-13-12-17(23)22(5-2)6-3)21-14-15-26(24,25)16-10-8-7-9-11-16/h7-11H,4-6,12-15H2,1-3H3,(H2,19,20,21). The van der Waals surface area contributed by atoms with Gasteiger partial charge < -0.3 is 15.5 Å². The van der Waals surface area contributed by atoms with Gasteiger partial charge in [-0.1, -0.05) is 18.2 Å². The maximum Gasteiger partial charge on any atom is 0.224 e. The van der Waals surface area contributed by atoms with Crippen LogP contribution in [0, 0.1) is 0 Å². The predicted octanol–water partition coefficient (Wildman–Crippen LogP) is 1.27. The largest absolute Gasteiger partial charge is 0.357 e. The van der Waals surface area contributed by atoms with E-state index in [1.807, 2.05) is 20.8 Å². The SMILES string of the molecule is CCNC(=NCCS(=O)(=O)c1ccccc1)NCCC(=O)N(CC)CC. The van der Waals surface area contributed by atoms with E-state index >= 15 is 0 Å². The number of rotatable bonds is 10. The van der Waals surface area contributed by atoms with E-state index < -0.39 is 9.84 Å². The van der Waals surface area contributed by atoms with Crippen LogP contribution in [-0.4, -0.2) is 63.7 Å². The molecule has 1 amide bonds. The Hall–Kier alpha value is -2.09. The molecule has 1 rings (SSSR count). The van der Waals surface area contributed by atoms with Crippen molar-refractivity contribution < 1.29 is 13.2 Å². The Bertz CT molecular complexity index is 671. The fourth-order valence-corrected chi connectivity index (χ4v) is 3.53. The number of carbonyl (C=O) groups excluding carboxylic acids is 1. The van der Waals surface area contributed by atoms with Gasteiger partial charge in [0.2, 0.25) is 5.91 Å². The highest BCUT2D eigenvalue weighted by Crippen LogP contribution is 2.09. The van der Waals surface area contributed by atoms with Crippen molar-refractivity contribution >= 4 is 21.7 Å². The number of guanidine groups is 1. The van der Waals surface area contributed by atoms with Gasteiger partial charge in [-0.05, 0) is 32.9 Å². The smallest absolute Gasteiger partial charge is 0.224 e. The van der Waals surface area contributed by atoms with E-state index in [2.05, 4.69) is 15.6 Å². The van der Waals surface area contributed by atoms with Crippen LogP contribution in [0.25, 0.3) is 0 Å². The molecule has 0 aromatic heterocycles. The van der Waals surface area contributed by atoms with Crippen molar-refractivity contribution in [2.45, 2.75) is 32.1 Å². The van der Waals surface area contributed by atoms with Crippen molar-refractivity contribution in [2.75, 3.05) is 38.5 Å². The molecule has 0 heterocycles. The summed E-state index contributed by atoms with van der Waals surface area (Å²) in [6.45, 7) is 8.48. The van der Waals surface area contributed by atoms with E-state index in [1.165, 1.54) is 0 Å². The molecule has 2 N–H and O–H groups in total. The molecule has 0 fully saturated rings. The molecule has 0 aliphatic carbocycles. The third kappa shape index (κ3) is 7.43. The lowest BCUT2D eigenvalue weighted by molar-refractivity contribution is -0.130. The second kappa shape index (κ2) is 11.5. The third-order valence-electron chi connectivity index (χ3n) is 3.82. The average molecular weight is 383 g/mol. The molecule has 0 saturated heterocycles. The number of carbonyl (C=O) groups is 1. The fourth-order valence-electron chi connectivity index (χ4n) is 2.39. The van der Waals surface area contributed by atoms with E-state index in [0.29, 0.717) is 43.5 Å². The molecule has 8 heteroatoms. The first kappa shape index (κ1) is 22.0. The van der Waals surface area contributed by atoms with Crippen molar-refractivity contribution in [3.63, 3.8) is 0 Å². The van der Waals surface area contributed by atoms with Crippen LogP contribution in [0.3, 0.4) is 0 Å². The maximum atomic E-state index is 12.3.